The number of hydrogen-bond donors (Lipinski definition) is 3. The molecule has 0 aromatic carbocycles. The molecule has 0 heterocycles. The van der Waals surface area contributed by atoms with Crippen LogP contribution in [0.15, 0.2) is 0 Å². The van der Waals surface area contributed by atoms with Gasteiger partial charge in [-0.15, -0.1) is 0 Å². The largest absolute Gasteiger partial charge is 2.00 e. The third-order valence-electron chi connectivity index (χ3n) is 0. The van der Waals surface area contributed by atoms with Gasteiger partial charge in [0, 0.05) is 18.6 Å². The van der Waals surface area contributed by atoms with Gasteiger partial charge in [0.1, 0.15) is 0 Å². The van der Waals surface area contributed by atoms with Crippen LogP contribution in [0.2, 0.25) is 0 Å². The van der Waals surface area contributed by atoms with E-state index >= 15 is 0 Å². The van der Waals surface area contributed by atoms with E-state index in [4.69, 9.17) is 77.0 Å². The van der Waals surface area contributed by atoms with Crippen LogP contribution < -0.4 is 81.8 Å². The van der Waals surface area contributed by atoms with Crippen LogP contribution in [0.1, 0.15) is 0 Å². The summed E-state index contributed by atoms with van der Waals surface area (Å²) >= 11 is 0. The Kier molecular flexibility index (Phi) is 46.3. The zero-order valence-electron chi connectivity index (χ0n) is 11.2. The van der Waals surface area contributed by atoms with Crippen molar-refractivity contribution in [2.75, 3.05) is 0 Å². The minimum atomic E-state index is -5.39. The van der Waals surface area contributed by atoms with E-state index in [1.807, 2.05) is 0 Å². The van der Waals surface area contributed by atoms with E-state index in [0.717, 1.165) is 0 Å². The molecule has 0 spiro atoms. The van der Waals surface area contributed by atoms with Crippen LogP contribution in [0.25, 0.3) is 0 Å². The van der Waals surface area contributed by atoms with Crippen molar-refractivity contribution in [3.05, 3.63) is 0 Å². The van der Waals surface area contributed by atoms with E-state index < -0.39 is 31.3 Å². The molecule has 0 saturated carbocycles. The quantitative estimate of drug-likeness (QED) is 0.204. The van der Waals surface area contributed by atoms with Gasteiger partial charge in [-0.05, 0) is 0 Å². The molecule has 0 unspecified atom stereocenters. The van der Waals surface area contributed by atoms with E-state index in [2.05, 4.69) is 0 Å². The monoisotopic (exact) mass is 504 g/mol. The summed E-state index contributed by atoms with van der Waals surface area (Å²) in [6.07, 6.45) is 0. The minimum absolute atomic E-state index is 0. The van der Waals surface area contributed by atoms with Gasteiger partial charge in [-0.1, -0.05) is 0 Å². The molecule has 0 bridgehead atoms. The molecule has 0 aromatic heterocycles. The van der Waals surface area contributed by atoms with Crippen LogP contribution in [-0.2, 0) is 53.9 Å². The van der Waals surface area contributed by atoms with E-state index in [1.54, 1.807) is 0 Å². The Balaban J connectivity index is -0.0000000225. The molecular formula is H3FeLi2O16P4V-5. The van der Waals surface area contributed by atoms with Crippen molar-refractivity contribution in [3.63, 3.8) is 0 Å². The number of rotatable bonds is 0. The second-order valence-corrected chi connectivity index (χ2v) is 5.56. The molecule has 0 fully saturated rings. The van der Waals surface area contributed by atoms with Crippen LogP contribution in [-0.4, -0.2) is 14.7 Å². The summed E-state index contributed by atoms with van der Waals surface area (Å²) in [5.41, 5.74) is 0. The first-order valence-electron chi connectivity index (χ1n) is 2.97. The molecule has 0 amide bonds. The Hall–Kier alpha value is 2.74. The fourth-order valence-corrected chi connectivity index (χ4v) is 0. The van der Waals surface area contributed by atoms with E-state index in [0.29, 0.717) is 0 Å². The summed E-state index contributed by atoms with van der Waals surface area (Å²) in [4.78, 5) is 98.5. The van der Waals surface area contributed by atoms with Crippen LogP contribution in [0.3, 0.4) is 0 Å². The second-order valence-electron chi connectivity index (χ2n) is 1.85. The molecule has 24 heavy (non-hydrogen) atoms. The molecule has 0 aliphatic carbocycles. The normalized spacial score (nSPS) is 9.83. The molecule has 0 atom stereocenters. The predicted molar refractivity (Wildman–Crippen MR) is 37.1 cm³/mol. The van der Waals surface area contributed by atoms with Gasteiger partial charge >= 0.3 is 62.6 Å². The molecule has 0 aromatic rings. The Labute approximate surface area is 180 Å². The minimum Gasteiger partial charge on any atom is -0.822 e. The van der Waals surface area contributed by atoms with Gasteiger partial charge in [-0.25, -0.2) is 4.57 Å². The van der Waals surface area contributed by atoms with Gasteiger partial charge in [-0.2, -0.15) is 23.5 Å². The molecule has 24 heteroatoms. The van der Waals surface area contributed by atoms with Crippen molar-refractivity contribution in [1.82, 2.24) is 0 Å². The summed E-state index contributed by atoms with van der Waals surface area (Å²) in [6.45, 7) is 0. The van der Waals surface area contributed by atoms with Gasteiger partial charge in [0.2, 0.25) is 0 Å². The van der Waals surface area contributed by atoms with E-state index in [9.17, 15) is 0 Å². The second kappa shape index (κ2) is 22.0. The maximum Gasteiger partial charge on any atom is 2.00 e. The molecular weight excluding hydrogens is 501 g/mol. The summed E-state index contributed by atoms with van der Waals surface area (Å²) in [5, 5.41) is 0. The average Bonchev–Trinajstić information content (AvgIpc) is 1.62. The summed E-state index contributed by atoms with van der Waals surface area (Å²) in [7, 11) is -20.8. The smallest absolute Gasteiger partial charge is 0.822 e. The van der Waals surface area contributed by atoms with Crippen molar-refractivity contribution in [3.8, 4) is 0 Å². The Morgan fingerprint density at radius 1 is 0.500 bits per heavy atom. The third kappa shape index (κ3) is 1860. The topological polar surface area (TPSA) is 337 Å². The van der Waals surface area contributed by atoms with Gasteiger partial charge < -0.3 is 72.4 Å². The van der Waals surface area contributed by atoms with Crippen LogP contribution in [0.5, 0.6) is 0 Å². The van der Waals surface area contributed by atoms with Crippen LogP contribution >= 0.6 is 31.3 Å². The maximum absolute atomic E-state index is 8.88. The van der Waals surface area contributed by atoms with Crippen molar-refractivity contribution < 1.29 is 150 Å². The fraction of sp³-hybridized carbons (Fsp3) is 0. The van der Waals surface area contributed by atoms with Crippen molar-refractivity contribution in [2.45, 2.75) is 0 Å². The van der Waals surface area contributed by atoms with Gasteiger partial charge in [-0.3, -0.25) is 0 Å². The van der Waals surface area contributed by atoms with Crippen LogP contribution in [0.4, 0.5) is 0 Å². The Morgan fingerprint density at radius 3 is 0.500 bits per heavy atom. The zero-order chi connectivity index (χ0) is 18.0. The first-order valence-corrected chi connectivity index (χ1v) is 8.92. The van der Waals surface area contributed by atoms with Crippen molar-refractivity contribution in [2.24, 2.45) is 0 Å². The van der Waals surface area contributed by atoms with E-state index in [-0.39, 0.29) is 73.3 Å². The molecule has 0 rings (SSSR count). The first kappa shape index (κ1) is 50.4. The molecule has 0 saturated heterocycles. The summed E-state index contributed by atoms with van der Waals surface area (Å²) < 4.78 is 34.5. The first-order chi connectivity index (χ1) is 8.00. The third-order valence-corrected chi connectivity index (χ3v) is 0. The zero-order valence-corrected chi connectivity index (χ0v) is 17.3. The van der Waals surface area contributed by atoms with Crippen molar-refractivity contribution >= 4 is 31.3 Å². The summed E-state index contributed by atoms with van der Waals surface area (Å²) in [5.74, 6) is 0. The standard InChI is InChI=1S/Fe.2Li.4H3O4P.V/c;;;4*1-5(2,3)4;/h;;;4*(H3,1,2,3,4);/q+2;2*+1;;;;;/p-9. The van der Waals surface area contributed by atoms with Gasteiger partial charge in [0.05, 0.1) is 0 Å². The molecule has 139 valence electrons. The molecule has 0 aliphatic rings. The number of hydrogen-bond acceptors (Lipinski definition) is 13. The van der Waals surface area contributed by atoms with Gasteiger partial charge in [0.25, 0.3) is 0 Å². The fourth-order valence-electron chi connectivity index (χ4n) is 0. The molecule has 3 N–H and O–H groups in total. The number of phosphoric acid groups is 4. The Morgan fingerprint density at radius 2 is 0.500 bits per heavy atom. The molecule has 1 radical (unpaired) electrons. The van der Waals surface area contributed by atoms with Crippen LogP contribution in [0, 0.1) is 0 Å². The van der Waals surface area contributed by atoms with Gasteiger partial charge in [0.15, 0.2) is 0 Å². The predicted octanol–water partition coefficient (Wildman–Crippen LogP) is -15.4. The average molecular weight is 504 g/mol. The van der Waals surface area contributed by atoms with Crippen molar-refractivity contribution in [1.29, 1.82) is 0 Å². The summed E-state index contributed by atoms with van der Waals surface area (Å²) in [6, 6.07) is 0. The van der Waals surface area contributed by atoms with E-state index in [1.165, 1.54) is 0 Å². The SMILES string of the molecule is O=P(O)(O)O.O=P([O-])([O-])[O-].O=P([O-])([O-])[O-].O=P([O-])([O-])[O-].[Fe+2].[Li+].[Li+].[V]. The molecule has 16 nitrogen and oxygen atoms in total. The Bertz CT molecular complexity index is 301. The maximum atomic E-state index is 8.88. The molecule has 0 aliphatic heterocycles.